The summed E-state index contributed by atoms with van der Waals surface area (Å²) < 4.78 is 2.42. The highest BCUT2D eigenvalue weighted by atomic mass is 16.3. The molecule has 1 N–H and O–H groups in total. The highest BCUT2D eigenvalue weighted by Gasteiger charge is 2.17. The summed E-state index contributed by atoms with van der Waals surface area (Å²) in [4.78, 5) is 0. The number of aliphatic hydroxyl groups is 1. The summed E-state index contributed by atoms with van der Waals surface area (Å²) in [7, 11) is 0. The fraction of sp³-hybridized carbons (Fsp3) is 0.152. The SMILES string of the molecule is OC(C#Cc1ccccc1)c1cc(CCn2c3ccccc3c3ccccc32)cc2c1CCC=C2. The van der Waals surface area contributed by atoms with Gasteiger partial charge in [-0.15, -0.1) is 0 Å². The highest BCUT2D eigenvalue weighted by molar-refractivity contribution is 6.07. The summed E-state index contributed by atoms with van der Waals surface area (Å²) in [5.41, 5.74) is 8.07. The quantitative estimate of drug-likeness (QED) is 0.289. The van der Waals surface area contributed by atoms with Crippen LogP contribution in [0, 0.1) is 11.8 Å². The number of nitrogens with zero attached hydrogens (tertiary/aromatic N) is 1. The van der Waals surface area contributed by atoms with Gasteiger partial charge < -0.3 is 9.67 Å². The van der Waals surface area contributed by atoms with E-state index in [1.807, 2.05) is 30.3 Å². The molecule has 170 valence electrons. The van der Waals surface area contributed by atoms with Gasteiger partial charge in [-0.3, -0.25) is 0 Å². The number of rotatable bonds is 4. The number of hydrogen-bond donors (Lipinski definition) is 1. The van der Waals surface area contributed by atoms with Gasteiger partial charge in [-0.1, -0.05) is 90.7 Å². The minimum Gasteiger partial charge on any atom is -0.376 e. The Morgan fingerprint density at radius 1 is 0.829 bits per heavy atom. The number of aromatic nitrogens is 1. The first-order valence-electron chi connectivity index (χ1n) is 12.3. The van der Waals surface area contributed by atoms with E-state index < -0.39 is 6.10 Å². The van der Waals surface area contributed by atoms with E-state index in [-0.39, 0.29) is 0 Å². The molecule has 0 bridgehead atoms. The Balaban J connectivity index is 1.35. The Hall–Kier alpha value is -4.06. The predicted molar refractivity (Wildman–Crippen MR) is 145 cm³/mol. The summed E-state index contributed by atoms with van der Waals surface area (Å²) in [6.07, 6.45) is 6.45. The Kier molecular flexibility index (Phi) is 5.70. The summed E-state index contributed by atoms with van der Waals surface area (Å²) in [6, 6.07) is 31.6. The third-order valence-corrected chi connectivity index (χ3v) is 6.96. The van der Waals surface area contributed by atoms with E-state index in [1.54, 1.807) is 0 Å². The topological polar surface area (TPSA) is 25.2 Å². The van der Waals surface area contributed by atoms with Crippen molar-refractivity contribution in [3.8, 4) is 11.8 Å². The Morgan fingerprint density at radius 3 is 2.26 bits per heavy atom. The van der Waals surface area contributed by atoms with Crippen LogP contribution in [0.5, 0.6) is 0 Å². The van der Waals surface area contributed by atoms with Crippen molar-refractivity contribution in [2.45, 2.75) is 31.9 Å². The van der Waals surface area contributed by atoms with Gasteiger partial charge in [-0.25, -0.2) is 0 Å². The van der Waals surface area contributed by atoms with Gasteiger partial charge in [0.2, 0.25) is 0 Å². The standard InChI is InChI=1S/C33H27NO/c35-33(19-18-24-10-2-1-3-11-24)30-23-25(22-26-12-4-5-13-27(26)30)20-21-34-31-16-8-6-14-28(31)29-15-7-9-17-32(29)34/h1-4,6-12,14-17,22-23,33,35H,5,13,20-21H2. The van der Waals surface area contributed by atoms with E-state index in [1.165, 1.54) is 38.5 Å². The van der Waals surface area contributed by atoms with E-state index in [4.69, 9.17) is 0 Å². The summed E-state index contributed by atoms with van der Waals surface area (Å²) in [5.74, 6) is 6.23. The monoisotopic (exact) mass is 453 g/mol. The molecule has 2 nitrogen and oxygen atoms in total. The second-order valence-corrected chi connectivity index (χ2v) is 9.17. The first-order chi connectivity index (χ1) is 17.3. The number of aryl methyl sites for hydroxylation is 2. The molecule has 1 unspecified atom stereocenters. The van der Waals surface area contributed by atoms with Gasteiger partial charge >= 0.3 is 0 Å². The van der Waals surface area contributed by atoms with Crippen LogP contribution in [0.25, 0.3) is 27.9 Å². The van der Waals surface area contributed by atoms with Gasteiger partial charge in [0.1, 0.15) is 6.10 Å². The highest BCUT2D eigenvalue weighted by Crippen LogP contribution is 2.31. The van der Waals surface area contributed by atoms with Crippen LogP contribution in [0.3, 0.4) is 0 Å². The van der Waals surface area contributed by atoms with Gasteiger partial charge in [0, 0.05) is 33.9 Å². The van der Waals surface area contributed by atoms with Crippen molar-refractivity contribution in [1.82, 2.24) is 4.57 Å². The van der Waals surface area contributed by atoms with Crippen LogP contribution in [-0.2, 0) is 19.4 Å². The van der Waals surface area contributed by atoms with Crippen LogP contribution in [0.2, 0.25) is 0 Å². The summed E-state index contributed by atoms with van der Waals surface area (Å²) in [6.45, 7) is 0.877. The van der Waals surface area contributed by atoms with Crippen LogP contribution in [-0.4, -0.2) is 9.67 Å². The normalized spacial score (nSPS) is 13.4. The zero-order valence-corrected chi connectivity index (χ0v) is 19.6. The molecule has 6 rings (SSSR count). The Bertz CT molecular complexity index is 1560. The molecule has 2 heteroatoms. The molecule has 1 aliphatic rings. The summed E-state index contributed by atoms with van der Waals surface area (Å²) >= 11 is 0. The third-order valence-electron chi connectivity index (χ3n) is 6.96. The molecule has 1 atom stereocenters. The average molecular weight is 454 g/mol. The van der Waals surface area contributed by atoms with Crippen LogP contribution < -0.4 is 0 Å². The molecule has 35 heavy (non-hydrogen) atoms. The van der Waals surface area contributed by atoms with Gasteiger partial charge in [0.05, 0.1) is 0 Å². The van der Waals surface area contributed by atoms with Crippen molar-refractivity contribution in [3.05, 3.63) is 125 Å². The lowest BCUT2D eigenvalue weighted by molar-refractivity contribution is 0.237. The van der Waals surface area contributed by atoms with Crippen molar-refractivity contribution in [1.29, 1.82) is 0 Å². The zero-order valence-electron chi connectivity index (χ0n) is 19.6. The van der Waals surface area contributed by atoms with Crippen molar-refractivity contribution < 1.29 is 5.11 Å². The Labute approximate surface area is 206 Å². The van der Waals surface area contributed by atoms with E-state index in [9.17, 15) is 5.11 Å². The van der Waals surface area contributed by atoms with E-state index >= 15 is 0 Å². The first-order valence-corrected chi connectivity index (χ1v) is 12.3. The van der Waals surface area contributed by atoms with Crippen molar-refractivity contribution >= 4 is 27.9 Å². The lowest BCUT2D eigenvalue weighted by atomic mass is 9.88. The van der Waals surface area contributed by atoms with E-state index in [2.05, 4.69) is 89.2 Å². The largest absolute Gasteiger partial charge is 0.376 e. The number of fused-ring (bicyclic) bond motifs is 4. The fourth-order valence-electron chi connectivity index (χ4n) is 5.28. The lowest BCUT2D eigenvalue weighted by Crippen LogP contribution is -2.08. The maximum Gasteiger partial charge on any atom is 0.140 e. The molecule has 1 aromatic heterocycles. The molecule has 0 saturated carbocycles. The van der Waals surface area contributed by atoms with Crippen molar-refractivity contribution in [2.24, 2.45) is 0 Å². The third kappa shape index (κ3) is 4.16. The number of aliphatic hydroxyl groups excluding tert-OH is 1. The molecule has 5 aromatic rings. The lowest BCUT2D eigenvalue weighted by Gasteiger charge is -2.19. The molecule has 4 aromatic carbocycles. The predicted octanol–water partition coefficient (Wildman–Crippen LogP) is 7.08. The van der Waals surface area contributed by atoms with Crippen LogP contribution in [0.15, 0.2) is 97.1 Å². The second kappa shape index (κ2) is 9.29. The maximum absolute atomic E-state index is 11.1. The van der Waals surface area contributed by atoms with Crippen LogP contribution in [0.4, 0.5) is 0 Å². The molecule has 0 aliphatic heterocycles. The number of allylic oxidation sites excluding steroid dienone is 1. The number of benzene rings is 4. The van der Waals surface area contributed by atoms with Gasteiger partial charge in [-0.05, 0) is 65.8 Å². The molecule has 0 radical (unpaired) electrons. The second-order valence-electron chi connectivity index (χ2n) is 9.17. The fourth-order valence-corrected chi connectivity index (χ4v) is 5.28. The first kappa shape index (κ1) is 21.5. The Morgan fingerprint density at radius 2 is 1.51 bits per heavy atom. The molecule has 1 heterocycles. The minimum atomic E-state index is -0.802. The van der Waals surface area contributed by atoms with E-state index in [0.717, 1.165) is 36.9 Å². The van der Waals surface area contributed by atoms with Gasteiger partial charge in [0.25, 0.3) is 0 Å². The minimum absolute atomic E-state index is 0.802. The molecular formula is C33H27NO. The van der Waals surface area contributed by atoms with Crippen molar-refractivity contribution in [3.63, 3.8) is 0 Å². The number of para-hydroxylation sites is 2. The molecule has 0 fully saturated rings. The maximum atomic E-state index is 11.1. The smallest absolute Gasteiger partial charge is 0.140 e. The molecule has 1 aliphatic carbocycles. The zero-order chi connectivity index (χ0) is 23.6. The summed E-state index contributed by atoms with van der Waals surface area (Å²) in [5, 5.41) is 13.7. The average Bonchev–Trinajstić information content (AvgIpc) is 3.24. The molecule has 0 saturated heterocycles. The van der Waals surface area contributed by atoms with E-state index in [0.29, 0.717) is 0 Å². The molecule has 0 spiro atoms. The number of hydrogen-bond acceptors (Lipinski definition) is 1. The molecule has 0 amide bonds. The van der Waals surface area contributed by atoms with Crippen molar-refractivity contribution in [2.75, 3.05) is 0 Å². The van der Waals surface area contributed by atoms with Gasteiger partial charge in [0.15, 0.2) is 0 Å². The van der Waals surface area contributed by atoms with Crippen LogP contribution in [0.1, 0.15) is 40.3 Å². The van der Waals surface area contributed by atoms with Gasteiger partial charge in [-0.2, -0.15) is 0 Å². The van der Waals surface area contributed by atoms with Crippen LogP contribution >= 0.6 is 0 Å². The molecular weight excluding hydrogens is 426 g/mol.